The number of nitrogens with one attached hydrogen (secondary N) is 1. The molecule has 0 bridgehead atoms. The van der Waals surface area contributed by atoms with Crippen molar-refractivity contribution >= 4 is 5.91 Å². The first-order valence-electron chi connectivity index (χ1n) is 5.69. The Labute approximate surface area is 94.2 Å². The maximum Gasteiger partial charge on any atom is 0.291 e. The van der Waals surface area contributed by atoms with Gasteiger partial charge in [0.15, 0.2) is 0 Å². The van der Waals surface area contributed by atoms with Crippen LogP contribution < -0.4 is 5.73 Å². The SMILES string of the molecule is NCCC1CCCCN1C(=O)c1ncn[nH]1. The minimum atomic E-state index is -0.0596. The molecule has 1 aliphatic rings. The third kappa shape index (κ3) is 2.21. The maximum absolute atomic E-state index is 12.1. The fourth-order valence-corrected chi connectivity index (χ4v) is 2.20. The van der Waals surface area contributed by atoms with Crippen molar-refractivity contribution in [2.45, 2.75) is 31.7 Å². The predicted molar refractivity (Wildman–Crippen MR) is 58.7 cm³/mol. The Kier molecular flexibility index (Phi) is 3.51. The summed E-state index contributed by atoms with van der Waals surface area (Å²) in [4.78, 5) is 17.9. The summed E-state index contributed by atoms with van der Waals surface area (Å²) in [5, 5.41) is 6.31. The second-order valence-electron chi connectivity index (χ2n) is 4.06. The number of likely N-dealkylation sites (tertiary alicyclic amines) is 1. The topological polar surface area (TPSA) is 87.9 Å². The van der Waals surface area contributed by atoms with Crippen molar-refractivity contribution in [1.82, 2.24) is 20.1 Å². The summed E-state index contributed by atoms with van der Waals surface area (Å²) in [5.41, 5.74) is 5.57. The first-order chi connectivity index (χ1) is 7.83. The van der Waals surface area contributed by atoms with Gasteiger partial charge >= 0.3 is 0 Å². The number of nitrogens with zero attached hydrogens (tertiary/aromatic N) is 3. The summed E-state index contributed by atoms with van der Waals surface area (Å²) < 4.78 is 0. The van der Waals surface area contributed by atoms with E-state index in [2.05, 4.69) is 15.2 Å². The van der Waals surface area contributed by atoms with Gasteiger partial charge in [0.25, 0.3) is 5.91 Å². The van der Waals surface area contributed by atoms with Gasteiger partial charge in [0.2, 0.25) is 5.82 Å². The number of rotatable bonds is 3. The van der Waals surface area contributed by atoms with Crippen molar-refractivity contribution in [1.29, 1.82) is 0 Å². The summed E-state index contributed by atoms with van der Waals surface area (Å²) in [7, 11) is 0. The van der Waals surface area contributed by atoms with Crippen LogP contribution >= 0.6 is 0 Å². The summed E-state index contributed by atoms with van der Waals surface area (Å²) in [6, 6.07) is 0.261. The molecule has 0 radical (unpaired) electrons. The highest BCUT2D eigenvalue weighted by molar-refractivity contribution is 5.90. The molecule has 1 aromatic heterocycles. The molecule has 0 aromatic carbocycles. The van der Waals surface area contributed by atoms with Crippen molar-refractivity contribution in [2.75, 3.05) is 13.1 Å². The lowest BCUT2D eigenvalue weighted by molar-refractivity contribution is 0.0593. The van der Waals surface area contributed by atoms with Crippen LogP contribution in [0.25, 0.3) is 0 Å². The van der Waals surface area contributed by atoms with Gasteiger partial charge in [-0.2, -0.15) is 5.10 Å². The van der Waals surface area contributed by atoms with Crippen LogP contribution in [0.15, 0.2) is 6.33 Å². The number of carbonyl (C=O) groups is 1. The molecule has 0 aliphatic carbocycles. The van der Waals surface area contributed by atoms with Crippen LogP contribution in [0.5, 0.6) is 0 Å². The zero-order valence-corrected chi connectivity index (χ0v) is 9.22. The highest BCUT2D eigenvalue weighted by Crippen LogP contribution is 2.20. The average molecular weight is 223 g/mol. The molecule has 2 heterocycles. The number of piperidine rings is 1. The van der Waals surface area contributed by atoms with Gasteiger partial charge < -0.3 is 10.6 Å². The molecule has 6 nitrogen and oxygen atoms in total. The average Bonchev–Trinajstić information content (AvgIpc) is 2.83. The highest BCUT2D eigenvalue weighted by atomic mass is 16.2. The summed E-state index contributed by atoms with van der Waals surface area (Å²) in [6.45, 7) is 1.41. The van der Waals surface area contributed by atoms with Crippen LogP contribution in [-0.2, 0) is 0 Å². The van der Waals surface area contributed by atoms with Crippen LogP contribution in [0.4, 0.5) is 0 Å². The van der Waals surface area contributed by atoms with Crippen molar-refractivity contribution < 1.29 is 4.79 Å². The molecule has 1 amide bonds. The number of H-pyrrole nitrogens is 1. The molecule has 6 heteroatoms. The van der Waals surface area contributed by atoms with E-state index in [9.17, 15) is 4.79 Å². The molecule has 1 unspecified atom stereocenters. The van der Waals surface area contributed by atoms with Crippen molar-refractivity contribution in [3.05, 3.63) is 12.2 Å². The smallest absolute Gasteiger partial charge is 0.291 e. The molecule has 0 spiro atoms. The third-order valence-electron chi connectivity index (χ3n) is 3.01. The fourth-order valence-electron chi connectivity index (χ4n) is 2.20. The second-order valence-corrected chi connectivity index (χ2v) is 4.06. The zero-order chi connectivity index (χ0) is 11.4. The molecule has 1 atom stereocenters. The van der Waals surface area contributed by atoms with E-state index in [-0.39, 0.29) is 11.9 Å². The Morgan fingerprint density at radius 1 is 1.62 bits per heavy atom. The van der Waals surface area contributed by atoms with E-state index in [1.54, 1.807) is 0 Å². The molecular weight excluding hydrogens is 206 g/mol. The van der Waals surface area contributed by atoms with Gasteiger partial charge in [-0.3, -0.25) is 9.89 Å². The van der Waals surface area contributed by atoms with Crippen LogP contribution in [0.3, 0.4) is 0 Å². The minimum Gasteiger partial charge on any atom is -0.333 e. The molecule has 1 aromatic rings. The van der Waals surface area contributed by atoms with Gasteiger partial charge in [-0.05, 0) is 32.2 Å². The zero-order valence-electron chi connectivity index (χ0n) is 9.22. The van der Waals surface area contributed by atoms with Gasteiger partial charge in [0, 0.05) is 12.6 Å². The van der Waals surface area contributed by atoms with E-state index in [4.69, 9.17) is 5.73 Å². The van der Waals surface area contributed by atoms with Crippen LogP contribution in [-0.4, -0.2) is 45.1 Å². The largest absolute Gasteiger partial charge is 0.333 e. The highest BCUT2D eigenvalue weighted by Gasteiger charge is 2.28. The Balaban J connectivity index is 2.08. The third-order valence-corrected chi connectivity index (χ3v) is 3.01. The maximum atomic E-state index is 12.1. The second kappa shape index (κ2) is 5.07. The number of amides is 1. The van der Waals surface area contributed by atoms with E-state index in [0.29, 0.717) is 12.4 Å². The molecule has 0 saturated carbocycles. The molecule has 2 rings (SSSR count). The van der Waals surface area contributed by atoms with Gasteiger partial charge in [-0.15, -0.1) is 0 Å². The number of aromatic amines is 1. The number of hydrogen-bond donors (Lipinski definition) is 2. The van der Waals surface area contributed by atoms with E-state index >= 15 is 0 Å². The summed E-state index contributed by atoms with van der Waals surface area (Å²) in [6.07, 6.45) is 5.48. The summed E-state index contributed by atoms with van der Waals surface area (Å²) >= 11 is 0. The van der Waals surface area contributed by atoms with E-state index in [1.165, 1.54) is 12.7 Å². The molecule has 16 heavy (non-hydrogen) atoms. The molecule has 3 N–H and O–H groups in total. The van der Waals surface area contributed by atoms with Crippen LogP contribution in [0, 0.1) is 0 Å². The molecule has 1 aliphatic heterocycles. The predicted octanol–water partition coefficient (Wildman–Crippen LogP) is 0.148. The molecular formula is C10H17N5O. The first-order valence-corrected chi connectivity index (χ1v) is 5.69. The standard InChI is InChI=1S/C10H17N5O/c11-5-4-8-3-1-2-6-15(8)10(16)9-12-7-13-14-9/h7-8H,1-6,11H2,(H,12,13,14). The minimum absolute atomic E-state index is 0.0596. The monoisotopic (exact) mass is 223 g/mol. The Morgan fingerprint density at radius 2 is 2.50 bits per heavy atom. The van der Waals surface area contributed by atoms with Crippen molar-refractivity contribution in [3.8, 4) is 0 Å². The number of hydrogen-bond acceptors (Lipinski definition) is 4. The van der Waals surface area contributed by atoms with Gasteiger partial charge in [0.1, 0.15) is 6.33 Å². The van der Waals surface area contributed by atoms with Crippen molar-refractivity contribution in [2.24, 2.45) is 5.73 Å². The Bertz CT molecular complexity index is 335. The van der Waals surface area contributed by atoms with E-state index in [1.807, 2.05) is 4.90 Å². The Hall–Kier alpha value is -1.43. The van der Waals surface area contributed by atoms with Crippen LogP contribution in [0.2, 0.25) is 0 Å². The van der Waals surface area contributed by atoms with E-state index < -0.39 is 0 Å². The first kappa shape index (κ1) is 11.1. The lowest BCUT2D eigenvalue weighted by atomic mass is 9.99. The normalized spacial score (nSPS) is 21.1. The molecule has 1 fully saturated rings. The summed E-state index contributed by atoms with van der Waals surface area (Å²) in [5.74, 6) is 0.263. The van der Waals surface area contributed by atoms with Gasteiger partial charge in [-0.25, -0.2) is 4.98 Å². The van der Waals surface area contributed by atoms with E-state index in [0.717, 1.165) is 25.8 Å². The van der Waals surface area contributed by atoms with Gasteiger partial charge in [0.05, 0.1) is 0 Å². The lowest BCUT2D eigenvalue weighted by Crippen LogP contribution is -2.45. The Morgan fingerprint density at radius 3 is 3.19 bits per heavy atom. The number of nitrogens with two attached hydrogens (primary N) is 1. The fraction of sp³-hybridized carbons (Fsp3) is 0.700. The quantitative estimate of drug-likeness (QED) is 0.763. The lowest BCUT2D eigenvalue weighted by Gasteiger charge is -2.35. The van der Waals surface area contributed by atoms with Crippen molar-refractivity contribution in [3.63, 3.8) is 0 Å². The molecule has 1 saturated heterocycles. The number of aromatic nitrogens is 3. The number of carbonyl (C=O) groups excluding carboxylic acids is 1. The van der Waals surface area contributed by atoms with Gasteiger partial charge in [-0.1, -0.05) is 0 Å². The van der Waals surface area contributed by atoms with Crippen LogP contribution in [0.1, 0.15) is 36.3 Å². The molecule has 88 valence electrons.